The van der Waals surface area contributed by atoms with Crippen LogP contribution in [0.2, 0.25) is 0 Å². The van der Waals surface area contributed by atoms with Gasteiger partial charge in [0.05, 0.1) is 0 Å². The Hall–Kier alpha value is -0.340. The molecular formula is C7H12N2. The minimum atomic E-state index is 0.718. The summed E-state index contributed by atoms with van der Waals surface area (Å²) in [5.41, 5.74) is 6.43. The Morgan fingerprint density at radius 3 is 3.00 bits per heavy atom. The van der Waals surface area contributed by atoms with Crippen molar-refractivity contribution in [3.63, 3.8) is 0 Å². The fourth-order valence-electron chi connectivity index (χ4n) is 1.59. The van der Waals surface area contributed by atoms with E-state index in [1.165, 1.54) is 12.8 Å². The molecule has 1 aliphatic heterocycles. The first kappa shape index (κ1) is 5.45. The Morgan fingerprint density at radius 2 is 2.11 bits per heavy atom. The first-order chi connectivity index (χ1) is 4.47. The number of nitrogens with one attached hydrogen (secondary N) is 2. The highest BCUT2D eigenvalue weighted by Gasteiger charge is 2.26. The van der Waals surface area contributed by atoms with Crippen molar-refractivity contribution in [2.75, 3.05) is 6.54 Å². The fourth-order valence-corrected chi connectivity index (χ4v) is 1.59. The molecule has 1 heterocycles. The van der Waals surface area contributed by atoms with Crippen LogP contribution in [0.15, 0.2) is 12.2 Å². The SMILES string of the molecule is C1=CCC2NNCC2C1. The Balaban J connectivity index is 2.07. The number of allylic oxidation sites excluding steroid dienone is 1. The summed E-state index contributed by atoms with van der Waals surface area (Å²) < 4.78 is 0. The van der Waals surface area contributed by atoms with Crippen LogP contribution in [-0.4, -0.2) is 12.6 Å². The molecule has 1 aliphatic carbocycles. The van der Waals surface area contributed by atoms with Crippen LogP contribution in [-0.2, 0) is 0 Å². The van der Waals surface area contributed by atoms with E-state index in [4.69, 9.17) is 0 Å². The number of rotatable bonds is 0. The molecule has 2 heteroatoms. The molecule has 1 fully saturated rings. The second-order valence-corrected chi connectivity index (χ2v) is 2.83. The summed E-state index contributed by atoms with van der Waals surface area (Å²) in [5.74, 6) is 0.856. The largest absolute Gasteiger partial charge is 0.257 e. The van der Waals surface area contributed by atoms with Crippen molar-refractivity contribution in [2.45, 2.75) is 18.9 Å². The van der Waals surface area contributed by atoms with Crippen LogP contribution in [0, 0.1) is 5.92 Å². The predicted molar refractivity (Wildman–Crippen MR) is 36.8 cm³/mol. The van der Waals surface area contributed by atoms with Gasteiger partial charge in [-0.25, -0.2) is 0 Å². The third-order valence-electron chi connectivity index (χ3n) is 2.22. The highest BCUT2D eigenvalue weighted by Crippen LogP contribution is 2.20. The van der Waals surface area contributed by atoms with Gasteiger partial charge in [0.15, 0.2) is 0 Å². The molecule has 2 rings (SSSR count). The highest BCUT2D eigenvalue weighted by molar-refractivity contribution is 4.99. The molecule has 0 saturated carbocycles. The van der Waals surface area contributed by atoms with Crippen molar-refractivity contribution in [3.8, 4) is 0 Å². The molecule has 0 aromatic heterocycles. The zero-order valence-corrected chi connectivity index (χ0v) is 5.43. The van der Waals surface area contributed by atoms with Gasteiger partial charge in [-0.1, -0.05) is 12.2 Å². The van der Waals surface area contributed by atoms with E-state index in [0.29, 0.717) is 0 Å². The van der Waals surface area contributed by atoms with Gasteiger partial charge in [0, 0.05) is 12.6 Å². The first-order valence-corrected chi connectivity index (χ1v) is 3.60. The maximum absolute atomic E-state index is 3.26. The molecule has 0 radical (unpaired) electrons. The lowest BCUT2D eigenvalue weighted by Gasteiger charge is -2.18. The zero-order chi connectivity index (χ0) is 6.10. The average Bonchev–Trinajstić information content (AvgIpc) is 2.33. The molecule has 2 aliphatic rings. The molecule has 2 atom stereocenters. The smallest absolute Gasteiger partial charge is 0.0291 e. The number of fused-ring (bicyclic) bond motifs is 1. The van der Waals surface area contributed by atoms with E-state index in [9.17, 15) is 0 Å². The number of hydrazine groups is 1. The quantitative estimate of drug-likeness (QED) is 0.457. The van der Waals surface area contributed by atoms with E-state index in [1.54, 1.807) is 0 Å². The van der Waals surface area contributed by atoms with Crippen molar-refractivity contribution in [3.05, 3.63) is 12.2 Å². The maximum atomic E-state index is 3.26. The number of hydrogen-bond donors (Lipinski definition) is 2. The van der Waals surface area contributed by atoms with Gasteiger partial charge in [-0.05, 0) is 18.8 Å². The van der Waals surface area contributed by atoms with Crippen molar-refractivity contribution in [2.24, 2.45) is 5.92 Å². The Morgan fingerprint density at radius 1 is 1.22 bits per heavy atom. The van der Waals surface area contributed by atoms with Gasteiger partial charge in [0.25, 0.3) is 0 Å². The van der Waals surface area contributed by atoms with Crippen molar-refractivity contribution >= 4 is 0 Å². The van der Waals surface area contributed by atoms with Crippen molar-refractivity contribution in [1.82, 2.24) is 10.9 Å². The van der Waals surface area contributed by atoms with Gasteiger partial charge in [0.2, 0.25) is 0 Å². The highest BCUT2D eigenvalue weighted by atomic mass is 15.4. The molecule has 2 N–H and O–H groups in total. The summed E-state index contributed by atoms with van der Waals surface area (Å²) in [6.07, 6.45) is 7.01. The average molecular weight is 124 g/mol. The maximum Gasteiger partial charge on any atom is 0.0291 e. The van der Waals surface area contributed by atoms with Crippen LogP contribution in [0.25, 0.3) is 0 Å². The zero-order valence-electron chi connectivity index (χ0n) is 5.43. The fraction of sp³-hybridized carbons (Fsp3) is 0.714. The molecule has 0 aromatic rings. The summed E-state index contributed by atoms with van der Waals surface area (Å²) in [6, 6.07) is 0.718. The molecule has 1 saturated heterocycles. The van der Waals surface area contributed by atoms with Crippen LogP contribution in [0.4, 0.5) is 0 Å². The standard InChI is InChI=1S/C7H12N2/c1-2-4-7-6(3-1)5-8-9-7/h1-2,6-9H,3-5H2. The summed E-state index contributed by atoms with van der Waals surface area (Å²) >= 11 is 0. The van der Waals surface area contributed by atoms with E-state index >= 15 is 0 Å². The molecule has 0 spiro atoms. The lowest BCUT2D eigenvalue weighted by molar-refractivity contribution is 0.448. The summed E-state index contributed by atoms with van der Waals surface area (Å²) in [7, 11) is 0. The monoisotopic (exact) mass is 124 g/mol. The second kappa shape index (κ2) is 2.12. The lowest BCUT2D eigenvalue weighted by atomic mass is 9.91. The van der Waals surface area contributed by atoms with Gasteiger partial charge < -0.3 is 0 Å². The van der Waals surface area contributed by atoms with Gasteiger partial charge in [0.1, 0.15) is 0 Å². The molecule has 0 bridgehead atoms. The van der Waals surface area contributed by atoms with E-state index in [2.05, 4.69) is 23.0 Å². The molecule has 0 aromatic carbocycles. The minimum Gasteiger partial charge on any atom is -0.257 e. The third kappa shape index (κ3) is 0.884. The van der Waals surface area contributed by atoms with Crippen LogP contribution in [0.3, 0.4) is 0 Å². The topological polar surface area (TPSA) is 24.1 Å². The molecule has 2 unspecified atom stereocenters. The molecule has 2 nitrogen and oxygen atoms in total. The normalized spacial score (nSPS) is 40.9. The summed E-state index contributed by atoms with van der Waals surface area (Å²) in [6.45, 7) is 1.15. The molecule has 9 heavy (non-hydrogen) atoms. The van der Waals surface area contributed by atoms with Gasteiger partial charge in [-0.15, -0.1) is 0 Å². The van der Waals surface area contributed by atoms with Crippen LogP contribution >= 0.6 is 0 Å². The third-order valence-corrected chi connectivity index (χ3v) is 2.22. The predicted octanol–water partition coefficient (Wildman–Crippen LogP) is 0.429. The Bertz CT molecular complexity index is 117. The van der Waals surface area contributed by atoms with Crippen LogP contribution < -0.4 is 10.9 Å². The van der Waals surface area contributed by atoms with Gasteiger partial charge in [-0.3, -0.25) is 10.9 Å². The molecule has 0 amide bonds. The van der Waals surface area contributed by atoms with E-state index < -0.39 is 0 Å². The second-order valence-electron chi connectivity index (χ2n) is 2.83. The van der Waals surface area contributed by atoms with Crippen molar-refractivity contribution in [1.29, 1.82) is 0 Å². The van der Waals surface area contributed by atoms with E-state index in [-0.39, 0.29) is 0 Å². The first-order valence-electron chi connectivity index (χ1n) is 3.60. The molecular weight excluding hydrogens is 112 g/mol. The Kier molecular flexibility index (Phi) is 1.28. The van der Waals surface area contributed by atoms with E-state index in [0.717, 1.165) is 18.5 Å². The summed E-state index contributed by atoms with van der Waals surface area (Å²) in [5, 5.41) is 0. The van der Waals surface area contributed by atoms with Gasteiger partial charge in [-0.2, -0.15) is 0 Å². The van der Waals surface area contributed by atoms with Crippen LogP contribution in [0.1, 0.15) is 12.8 Å². The van der Waals surface area contributed by atoms with Crippen molar-refractivity contribution < 1.29 is 0 Å². The molecule has 50 valence electrons. The van der Waals surface area contributed by atoms with Crippen LogP contribution in [0.5, 0.6) is 0 Å². The minimum absolute atomic E-state index is 0.718. The van der Waals surface area contributed by atoms with E-state index in [1.807, 2.05) is 0 Å². The lowest BCUT2D eigenvalue weighted by Crippen LogP contribution is -2.31. The van der Waals surface area contributed by atoms with Gasteiger partial charge >= 0.3 is 0 Å². The number of hydrogen-bond acceptors (Lipinski definition) is 2. The Labute approximate surface area is 55.3 Å². The summed E-state index contributed by atoms with van der Waals surface area (Å²) in [4.78, 5) is 0.